The van der Waals surface area contributed by atoms with Crippen LogP contribution in [0.4, 0.5) is 0 Å². The van der Waals surface area contributed by atoms with Crippen LogP contribution in [0.3, 0.4) is 0 Å². The molecular formula is C8H21NO4Si. The summed E-state index contributed by atoms with van der Waals surface area (Å²) in [4.78, 5) is 9.22. The minimum absolute atomic E-state index is 0.333. The summed E-state index contributed by atoms with van der Waals surface area (Å²) in [5.41, 5.74) is 4.47. The van der Waals surface area contributed by atoms with Crippen LogP contribution >= 0.6 is 0 Å². The maximum atomic E-state index is 9.22. The molecule has 0 fully saturated rings. The van der Waals surface area contributed by atoms with E-state index in [4.69, 9.17) is 13.3 Å². The van der Waals surface area contributed by atoms with E-state index < -0.39 is 8.80 Å². The van der Waals surface area contributed by atoms with Gasteiger partial charge in [-0.1, -0.05) is 13.3 Å². The van der Waals surface area contributed by atoms with Gasteiger partial charge in [-0.2, -0.15) is 0 Å². The molecule has 86 valence electrons. The maximum absolute atomic E-state index is 9.22. The van der Waals surface area contributed by atoms with E-state index in [1.54, 1.807) is 21.3 Å². The highest BCUT2D eigenvalue weighted by atomic mass is 28.4. The molecule has 6 heteroatoms. The first-order valence-electron chi connectivity index (χ1n) is 4.39. The lowest BCUT2D eigenvalue weighted by molar-refractivity contribution is -0.115. The first kappa shape index (κ1) is 16.0. The second-order valence-corrected chi connectivity index (χ2v) is 5.75. The van der Waals surface area contributed by atoms with Gasteiger partial charge in [0.15, 0.2) is 0 Å². The van der Waals surface area contributed by atoms with Gasteiger partial charge in [-0.25, -0.2) is 0 Å². The molecule has 0 atom stereocenters. The van der Waals surface area contributed by atoms with Crippen LogP contribution in [0.2, 0.25) is 6.04 Å². The fourth-order valence-electron chi connectivity index (χ4n) is 0.862. The highest BCUT2D eigenvalue weighted by molar-refractivity contribution is 6.60. The van der Waals surface area contributed by atoms with Crippen molar-refractivity contribution in [2.75, 3.05) is 21.3 Å². The second kappa shape index (κ2) is 9.13. The molecule has 0 aliphatic carbocycles. The molecule has 0 unspecified atom stereocenters. The summed E-state index contributed by atoms with van der Waals surface area (Å²) in [5, 5.41) is 0. The molecule has 0 aliphatic rings. The molecular weight excluding hydrogens is 202 g/mol. The van der Waals surface area contributed by atoms with Crippen LogP contribution < -0.4 is 5.73 Å². The van der Waals surface area contributed by atoms with E-state index in [0.717, 1.165) is 12.5 Å². The molecule has 0 rings (SSSR count). The molecule has 0 spiro atoms. The zero-order chi connectivity index (χ0) is 11.6. The maximum Gasteiger partial charge on any atom is 0.500 e. The highest BCUT2D eigenvalue weighted by Crippen LogP contribution is 2.13. The summed E-state index contributed by atoms with van der Waals surface area (Å²) in [5.74, 6) is -0.333. The minimum atomic E-state index is -2.22. The summed E-state index contributed by atoms with van der Waals surface area (Å²) in [6.45, 7) is 3.39. The number of primary amides is 1. The normalized spacial score (nSPS) is 10.4. The fraction of sp³-hybridized carbons (Fsp3) is 0.875. The van der Waals surface area contributed by atoms with Gasteiger partial charge in [0.2, 0.25) is 5.91 Å². The Morgan fingerprint density at radius 1 is 1.21 bits per heavy atom. The van der Waals surface area contributed by atoms with Crippen LogP contribution in [0.15, 0.2) is 0 Å². The number of carbonyl (C=O) groups excluding carboxylic acids is 1. The quantitative estimate of drug-likeness (QED) is 0.699. The van der Waals surface area contributed by atoms with Gasteiger partial charge in [0, 0.05) is 34.3 Å². The number of carbonyl (C=O) groups is 1. The first-order valence-corrected chi connectivity index (χ1v) is 6.32. The summed E-state index contributed by atoms with van der Waals surface area (Å²) in [6, 6.07) is 0.885. The van der Waals surface area contributed by atoms with E-state index in [2.05, 4.69) is 12.7 Å². The van der Waals surface area contributed by atoms with Crippen LogP contribution in [-0.4, -0.2) is 36.0 Å². The minimum Gasteiger partial charge on any atom is -0.377 e. The molecule has 5 nitrogen and oxygen atoms in total. The number of hydrogen-bond donors (Lipinski definition) is 1. The predicted molar refractivity (Wildman–Crippen MR) is 56.7 cm³/mol. The van der Waals surface area contributed by atoms with Crippen molar-refractivity contribution in [1.29, 1.82) is 0 Å². The van der Waals surface area contributed by atoms with Gasteiger partial charge >= 0.3 is 8.80 Å². The lowest BCUT2D eigenvalue weighted by Gasteiger charge is -2.23. The SMILES string of the molecule is CC(N)=O.CCC[Si](OC)(OC)OC. The van der Waals surface area contributed by atoms with Gasteiger partial charge in [0.1, 0.15) is 0 Å². The van der Waals surface area contributed by atoms with Gasteiger partial charge in [-0.05, 0) is 0 Å². The Morgan fingerprint density at radius 3 is 1.57 bits per heavy atom. The summed E-state index contributed by atoms with van der Waals surface area (Å²) in [6.07, 6.45) is 1.03. The lowest BCUT2D eigenvalue weighted by Crippen LogP contribution is -2.42. The van der Waals surface area contributed by atoms with Crippen LogP contribution in [0, 0.1) is 0 Å². The van der Waals surface area contributed by atoms with E-state index in [0.29, 0.717) is 0 Å². The molecule has 0 saturated carbocycles. The average Bonchev–Trinajstić information content (AvgIpc) is 2.14. The van der Waals surface area contributed by atoms with Crippen molar-refractivity contribution in [1.82, 2.24) is 0 Å². The molecule has 0 aromatic heterocycles. The Morgan fingerprint density at radius 2 is 1.50 bits per heavy atom. The zero-order valence-corrected chi connectivity index (χ0v) is 10.6. The smallest absolute Gasteiger partial charge is 0.377 e. The summed E-state index contributed by atoms with van der Waals surface area (Å²) in [7, 11) is 2.68. The number of hydrogen-bond acceptors (Lipinski definition) is 4. The van der Waals surface area contributed by atoms with Crippen molar-refractivity contribution in [3.8, 4) is 0 Å². The number of rotatable bonds is 5. The Labute approximate surface area is 86.9 Å². The van der Waals surface area contributed by atoms with Gasteiger partial charge in [0.25, 0.3) is 0 Å². The van der Waals surface area contributed by atoms with Crippen molar-refractivity contribution in [3.63, 3.8) is 0 Å². The lowest BCUT2D eigenvalue weighted by atomic mass is 10.6. The molecule has 0 radical (unpaired) electrons. The zero-order valence-electron chi connectivity index (χ0n) is 9.62. The topological polar surface area (TPSA) is 70.8 Å². The molecule has 0 bridgehead atoms. The monoisotopic (exact) mass is 223 g/mol. The Kier molecular flexibility index (Phi) is 10.4. The molecule has 1 amide bonds. The van der Waals surface area contributed by atoms with E-state index in [1.807, 2.05) is 0 Å². The molecule has 14 heavy (non-hydrogen) atoms. The number of amides is 1. The Hall–Kier alpha value is -0.433. The molecule has 0 heterocycles. The van der Waals surface area contributed by atoms with Gasteiger partial charge in [-0.3, -0.25) is 4.79 Å². The van der Waals surface area contributed by atoms with E-state index in [-0.39, 0.29) is 5.91 Å². The third kappa shape index (κ3) is 8.18. The largest absolute Gasteiger partial charge is 0.500 e. The Bertz CT molecular complexity index is 138. The predicted octanol–water partition coefficient (Wildman–Crippen LogP) is 0.766. The van der Waals surface area contributed by atoms with Crippen LogP contribution in [0.1, 0.15) is 20.3 Å². The van der Waals surface area contributed by atoms with Crippen LogP contribution in [0.25, 0.3) is 0 Å². The Balaban J connectivity index is 0. The summed E-state index contributed by atoms with van der Waals surface area (Å²) >= 11 is 0. The van der Waals surface area contributed by atoms with Crippen LogP contribution in [-0.2, 0) is 18.1 Å². The first-order chi connectivity index (χ1) is 6.47. The fourth-order valence-corrected chi connectivity index (χ4v) is 2.59. The molecule has 2 N–H and O–H groups in total. The van der Waals surface area contributed by atoms with Gasteiger partial charge in [0.05, 0.1) is 0 Å². The molecule has 0 aromatic rings. The highest BCUT2D eigenvalue weighted by Gasteiger charge is 2.36. The van der Waals surface area contributed by atoms with Crippen molar-refractivity contribution in [2.24, 2.45) is 5.73 Å². The standard InChI is InChI=1S/C6H16O3Si.C2H5NO/c1-5-6-10(7-2,8-3)9-4;1-2(3)4/h5-6H2,1-4H3;1H3,(H2,3,4). The van der Waals surface area contributed by atoms with Gasteiger partial charge < -0.3 is 19.0 Å². The third-order valence-corrected chi connectivity index (χ3v) is 4.47. The van der Waals surface area contributed by atoms with Crippen molar-refractivity contribution in [2.45, 2.75) is 26.3 Å². The van der Waals surface area contributed by atoms with Crippen molar-refractivity contribution in [3.05, 3.63) is 0 Å². The van der Waals surface area contributed by atoms with E-state index in [9.17, 15) is 4.79 Å². The van der Waals surface area contributed by atoms with E-state index >= 15 is 0 Å². The summed E-state index contributed by atoms with van der Waals surface area (Å²) < 4.78 is 15.5. The van der Waals surface area contributed by atoms with Crippen molar-refractivity contribution < 1.29 is 18.1 Å². The molecule has 0 saturated heterocycles. The third-order valence-electron chi connectivity index (χ3n) is 1.49. The van der Waals surface area contributed by atoms with Crippen molar-refractivity contribution >= 4 is 14.7 Å². The number of nitrogens with two attached hydrogens (primary N) is 1. The second-order valence-electron chi connectivity index (χ2n) is 2.66. The molecule has 0 aliphatic heterocycles. The van der Waals surface area contributed by atoms with E-state index in [1.165, 1.54) is 6.92 Å². The van der Waals surface area contributed by atoms with Crippen LogP contribution in [0.5, 0.6) is 0 Å². The average molecular weight is 223 g/mol. The molecule has 0 aromatic carbocycles. The van der Waals surface area contributed by atoms with Gasteiger partial charge in [-0.15, -0.1) is 0 Å².